The van der Waals surface area contributed by atoms with Gasteiger partial charge in [-0.25, -0.2) is 0 Å². The number of hydrogen-bond acceptors (Lipinski definition) is 3. The van der Waals surface area contributed by atoms with Gasteiger partial charge in [0.05, 0.1) is 12.9 Å². The summed E-state index contributed by atoms with van der Waals surface area (Å²) < 4.78 is 11.1. The van der Waals surface area contributed by atoms with Crippen LogP contribution in [-0.2, 0) is 20.9 Å². The molecule has 1 aliphatic rings. The first-order valence-corrected chi connectivity index (χ1v) is 6.73. The zero-order valence-corrected chi connectivity index (χ0v) is 11.3. The third kappa shape index (κ3) is 4.52. The Morgan fingerprint density at radius 3 is 2.84 bits per heavy atom. The van der Waals surface area contributed by atoms with Crippen LogP contribution in [-0.4, -0.2) is 18.5 Å². The largest absolute Gasteiger partial charge is 0.497 e. The third-order valence-electron chi connectivity index (χ3n) is 3.22. The van der Waals surface area contributed by atoms with Crippen LogP contribution in [0.25, 0.3) is 0 Å². The van der Waals surface area contributed by atoms with Crippen LogP contribution in [0.1, 0.15) is 31.7 Å². The number of rotatable bonds is 6. The SMILES string of the molecule is CC1=CO[C@@H](CCCOCc2ccccc2)CC1=O. The van der Waals surface area contributed by atoms with Crippen molar-refractivity contribution >= 4 is 5.78 Å². The van der Waals surface area contributed by atoms with Gasteiger partial charge in [-0.2, -0.15) is 0 Å². The van der Waals surface area contributed by atoms with Gasteiger partial charge in [0.25, 0.3) is 0 Å². The molecule has 1 aromatic carbocycles. The minimum Gasteiger partial charge on any atom is -0.497 e. The molecular weight excluding hydrogens is 240 g/mol. The minimum absolute atomic E-state index is 0.0246. The number of allylic oxidation sites excluding steroid dienone is 1. The number of ether oxygens (including phenoxy) is 2. The molecule has 0 unspecified atom stereocenters. The molecule has 0 saturated heterocycles. The van der Waals surface area contributed by atoms with Crippen molar-refractivity contribution in [1.29, 1.82) is 0 Å². The fourth-order valence-electron chi connectivity index (χ4n) is 2.03. The van der Waals surface area contributed by atoms with Gasteiger partial charge in [0.15, 0.2) is 5.78 Å². The summed E-state index contributed by atoms with van der Waals surface area (Å²) in [6.45, 7) is 3.14. The number of Topliss-reactive ketones (excluding diaryl/α,β-unsaturated/α-hetero) is 1. The van der Waals surface area contributed by atoms with Gasteiger partial charge in [0.2, 0.25) is 0 Å². The van der Waals surface area contributed by atoms with E-state index >= 15 is 0 Å². The highest BCUT2D eigenvalue weighted by atomic mass is 16.5. The smallest absolute Gasteiger partial charge is 0.165 e. The molecule has 3 heteroatoms. The van der Waals surface area contributed by atoms with E-state index in [9.17, 15) is 4.79 Å². The molecule has 0 aliphatic carbocycles. The van der Waals surface area contributed by atoms with E-state index in [0.29, 0.717) is 19.6 Å². The second kappa shape index (κ2) is 7.10. The standard InChI is InChI=1S/C16H20O3/c1-13-11-19-15(10-16(13)17)8-5-9-18-12-14-6-3-2-4-7-14/h2-4,6-7,11,15H,5,8-10,12H2,1H3/t15-/m0/s1. The number of carbonyl (C=O) groups excluding carboxylic acids is 1. The van der Waals surface area contributed by atoms with Gasteiger partial charge >= 0.3 is 0 Å². The fourth-order valence-corrected chi connectivity index (χ4v) is 2.03. The molecular formula is C16H20O3. The van der Waals surface area contributed by atoms with Crippen LogP contribution in [0.4, 0.5) is 0 Å². The Morgan fingerprint density at radius 1 is 1.32 bits per heavy atom. The van der Waals surface area contributed by atoms with Crippen LogP contribution in [0.15, 0.2) is 42.2 Å². The van der Waals surface area contributed by atoms with Crippen molar-refractivity contribution in [2.24, 2.45) is 0 Å². The summed E-state index contributed by atoms with van der Waals surface area (Å²) >= 11 is 0. The summed E-state index contributed by atoms with van der Waals surface area (Å²) in [4.78, 5) is 11.5. The lowest BCUT2D eigenvalue weighted by Crippen LogP contribution is -2.21. The van der Waals surface area contributed by atoms with Crippen molar-refractivity contribution in [3.05, 3.63) is 47.7 Å². The van der Waals surface area contributed by atoms with Crippen LogP contribution in [0, 0.1) is 0 Å². The maximum absolute atomic E-state index is 11.5. The Kier molecular flexibility index (Phi) is 5.16. The highest BCUT2D eigenvalue weighted by molar-refractivity contribution is 5.95. The van der Waals surface area contributed by atoms with Crippen LogP contribution in [0.3, 0.4) is 0 Å². The molecule has 1 atom stereocenters. The van der Waals surface area contributed by atoms with Gasteiger partial charge < -0.3 is 9.47 Å². The normalized spacial score (nSPS) is 18.9. The Labute approximate surface area is 114 Å². The Hall–Kier alpha value is -1.61. The maximum Gasteiger partial charge on any atom is 0.165 e. The molecule has 0 saturated carbocycles. The van der Waals surface area contributed by atoms with Crippen LogP contribution in [0.2, 0.25) is 0 Å². The topological polar surface area (TPSA) is 35.5 Å². The lowest BCUT2D eigenvalue weighted by Gasteiger charge is -2.20. The Balaban J connectivity index is 1.59. The molecule has 0 N–H and O–H groups in total. The number of benzene rings is 1. The van der Waals surface area contributed by atoms with Crippen molar-refractivity contribution in [3.63, 3.8) is 0 Å². The Bertz CT molecular complexity index is 437. The van der Waals surface area contributed by atoms with Crippen LogP contribution >= 0.6 is 0 Å². The fraction of sp³-hybridized carbons (Fsp3) is 0.438. The summed E-state index contributed by atoms with van der Waals surface area (Å²) in [5.41, 5.74) is 1.90. The van der Waals surface area contributed by atoms with Crippen LogP contribution in [0.5, 0.6) is 0 Å². The molecule has 1 aromatic rings. The number of ketones is 1. The number of carbonyl (C=O) groups is 1. The molecule has 0 spiro atoms. The zero-order chi connectivity index (χ0) is 13.5. The average Bonchev–Trinajstić information content (AvgIpc) is 2.43. The summed E-state index contributed by atoms with van der Waals surface area (Å²) in [6.07, 6.45) is 3.89. The van der Waals surface area contributed by atoms with E-state index in [0.717, 1.165) is 18.4 Å². The summed E-state index contributed by atoms with van der Waals surface area (Å²) in [7, 11) is 0. The van der Waals surface area contributed by atoms with Crippen molar-refractivity contribution in [3.8, 4) is 0 Å². The lowest BCUT2D eigenvalue weighted by molar-refractivity contribution is -0.119. The highest BCUT2D eigenvalue weighted by Crippen LogP contribution is 2.17. The molecule has 0 radical (unpaired) electrons. The second-order valence-electron chi connectivity index (χ2n) is 4.87. The summed E-state index contributed by atoms with van der Waals surface area (Å²) in [5, 5.41) is 0. The van der Waals surface area contributed by atoms with E-state index in [-0.39, 0.29) is 11.9 Å². The van der Waals surface area contributed by atoms with Crippen molar-refractivity contribution < 1.29 is 14.3 Å². The molecule has 2 rings (SSSR count). The molecule has 0 aromatic heterocycles. The minimum atomic E-state index is 0.0246. The van der Waals surface area contributed by atoms with Crippen molar-refractivity contribution in [2.75, 3.05) is 6.61 Å². The first kappa shape index (κ1) is 13.8. The van der Waals surface area contributed by atoms with Crippen molar-refractivity contribution in [2.45, 2.75) is 38.9 Å². The van der Waals surface area contributed by atoms with Gasteiger partial charge in [-0.1, -0.05) is 30.3 Å². The van der Waals surface area contributed by atoms with E-state index in [1.54, 1.807) is 13.2 Å². The van der Waals surface area contributed by atoms with E-state index in [2.05, 4.69) is 12.1 Å². The predicted molar refractivity (Wildman–Crippen MR) is 73.6 cm³/mol. The van der Waals surface area contributed by atoms with E-state index in [1.807, 2.05) is 18.2 Å². The average molecular weight is 260 g/mol. The van der Waals surface area contributed by atoms with E-state index in [1.165, 1.54) is 5.56 Å². The number of hydrogen-bond donors (Lipinski definition) is 0. The molecule has 0 amide bonds. The maximum atomic E-state index is 11.5. The predicted octanol–water partition coefficient (Wildman–Crippen LogP) is 3.25. The lowest BCUT2D eigenvalue weighted by atomic mass is 10.0. The van der Waals surface area contributed by atoms with Gasteiger partial charge in [-0.15, -0.1) is 0 Å². The first-order chi connectivity index (χ1) is 9.25. The van der Waals surface area contributed by atoms with Crippen LogP contribution < -0.4 is 0 Å². The summed E-state index contributed by atoms with van der Waals surface area (Å²) in [6, 6.07) is 10.1. The molecule has 1 aliphatic heterocycles. The molecule has 0 bridgehead atoms. The van der Waals surface area contributed by atoms with Gasteiger partial charge in [-0.3, -0.25) is 4.79 Å². The van der Waals surface area contributed by atoms with E-state index < -0.39 is 0 Å². The zero-order valence-electron chi connectivity index (χ0n) is 11.3. The molecule has 102 valence electrons. The van der Waals surface area contributed by atoms with Crippen molar-refractivity contribution in [1.82, 2.24) is 0 Å². The molecule has 19 heavy (non-hydrogen) atoms. The molecule has 0 fully saturated rings. The quantitative estimate of drug-likeness (QED) is 0.737. The van der Waals surface area contributed by atoms with Gasteiger partial charge in [0.1, 0.15) is 6.10 Å². The first-order valence-electron chi connectivity index (χ1n) is 6.73. The van der Waals surface area contributed by atoms with Gasteiger partial charge in [-0.05, 0) is 25.3 Å². The van der Waals surface area contributed by atoms with E-state index in [4.69, 9.17) is 9.47 Å². The highest BCUT2D eigenvalue weighted by Gasteiger charge is 2.19. The molecule has 1 heterocycles. The second-order valence-corrected chi connectivity index (χ2v) is 4.87. The van der Waals surface area contributed by atoms with Gasteiger partial charge in [0, 0.05) is 18.6 Å². The Morgan fingerprint density at radius 2 is 2.11 bits per heavy atom. The summed E-state index contributed by atoms with van der Waals surface area (Å²) in [5.74, 6) is 0.196. The third-order valence-corrected chi connectivity index (χ3v) is 3.22. The molecule has 3 nitrogen and oxygen atoms in total. The monoisotopic (exact) mass is 260 g/mol.